The number of carbonyl (C=O) groups excluding carboxylic acids is 1. The van der Waals surface area contributed by atoms with Crippen molar-refractivity contribution in [2.24, 2.45) is 0 Å². The van der Waals surface area contributed by atoms with Crippen molar-refractivity contribution < 1.29 is 4.79 Å². The summed E-state index contributed by atoms with van der Waals surface area (Å²) in [4.78, 5) is 18.4. The second kappa shape index (κ2) is 8.97. The summed E-state index contributed by atoms with van der Waals surface area (Å²) in [5.74, 6) is 0.940. The van der Waals surface area contributed by atoms with Crippen molar-refractivity contribution in [1.82, 2.24) is 14.7 Å². The van der Waals surface area contributed by atoms with Crippen molar-refractivity contribution in [2.75, 3.05) is 6.54 Å². The number of aromatic nitrogens is 2. The smallest absolute Gasteiger partial charge is 0.252 e. The standard InChI is InChI=1S/C24H23N3OS/c1-18(19-9-3-2-4-10-19)15-25-24(28)21-11-5-6-12-22(21)29-17-20-16-27-14-8-7-13-23(27)26-20/h2-14,16,18H,15,17H2,1H3,(H,25,28). The van der Waals surface area contributed by atoms with Crippen molar-refractivity contribution in [1.29, 1.82) is 0 Å². The molecule has 2 aromatic carbocycles. The lowest BCUT2D eigenvalue weighted by atomic mass is 10.0. The summed E-state index contributed by atoms with van der Waals surface area (Å²) < 4.78 is 2.01. The summed E-state index contributed by atoms with van der Waals surface area (Å²) in [6.07, 6.45) is 4.03. The lowest BCUT2D eigenvalue weighted by molar-refractivity contribution is 0.0948. The van der Waals surface area contributed by atoms with Crippen LogP contribution in [0, 0.1) is 0 Å². The van der Waals surface area contributed by atoms with E-state index in [1.807, 2.05) is 77.5 Å². The van der Waals surface area contributed by atoms with Gasteiger partial charge in [-0.1, -0.05) is 55.5 Å². The van der Waals surface area contributed by atoms with Crippen LogP contribution in [0.1, 0.15) is 34.5 Å². The first kappa shape index (κ1) is 19.3. The number of nitrogens with zero attached hydrogens (tertiary/aromatic N) is 2. The fourth-order valence-corrected chi connectivity index (χ4v) is 4.16. The molecule has 0 aliphatic carbocycles. The quantitative estimate of drug-likeness (QED) is 0.435. The van der Waals surface area contributed by atoms with Gasteiger partial charge in [-0.25, -0.2) is 4.98 Å². The number of imidazole rings is 1. The van der Waals surface area contributed by atoms with Gasteiger partial charge in [0.15, 0.2) is 0 Å². The molecule has 0 aliphatic rings. The highest BCUT2D eigenvalue weighted by Gasteiger charge is 2.14. The van der Waals surface area contributed by atoms with Crippen LogP contribution in [0.4, 0.5) is 0 Å². The number of nitrogens with one attached hydrogen (secondary N) is 1. The van der Waals surface area contributed by atoms with Crippen molar-refractivity contribution in [3.63, 3.8) is 0 Å². The number of thioether (sulfide) groups is 1. The van der Waals surface area contributed by atoms with Gasteiger partial charge in [-0.2, -0.15) is 0 Å². The van der Waals surface area contributed by atoms with Crippen molar-refractivity contribution >= 4 is 23.3 Å². The van der Waals surface area contributed by atoms with Crippen LogP contribution in [0.5, 0.6) is 0 Å². The number of hydrogen-bond acceptors (Lipinski definition) is 3. The Labute approximate surface area is 175 Å². The minimum Gasteiger partial charge on any atom is -0.351 e. The molecule has 0 radical (unpaired) electrons. The summed E-state index contributed by atoms with van der Waals surface area (Å²) in [6, 6.07) is 24.0. The molecule has 1 unspecified atom stereocenters. The highest BCUT2D eigenvalue weighted by Crippen LogP contribution is 2.26. The van der Waals surface area contributed by atoms with Gasteiger partial charge in [0.1, 0.15) is 5.65 Å². The van der Waals surface area contributed by atoms with Crippen LogP contribution in [-0.4, -0.2) is 21.8 Å². The molecule has 29 heavy (non-hydrogen) atoms. The van der Waals surface area contributed by atoms with Crippen LogP contribution >= 0.6 is 11.8 Å². The molecule has 1 N–H and O–H groups in total. The summed E-state index contributed by atoms with van der Waals surface area (Å²) in [6.45, 7) is 2.73. The van der Waals surface area contributed by atoms with E-state index < -0.39 is 0 Å². The molecule has 1 atom stereocenters. The highest BCUT2D eigenvalue weighted by molar-refractivity contribution is 7.98. The van der Waals surface area contributed by atoms with E-state index in [1.165, 1.54) is 5.56 Å². The van der Waals surface area contributed by atoms with Crippen molar-refractivity contribution in [2.45, 2.75) is 23.5 Å². The number of amides is 1. The van der Waals surface area contributed by atoms with E-state index in [0.717, 1.165) is 16.2 Å². The number of rotatable bonds is 7. The molecule has 0 aliphatic heterocycles. The first-order valence-corrected chi connectivity index (χ1v) is 10.7. The topological polar surface area (TPSA) is 46.4 Å². The minimum absolute atomic E-state index is 0.0362. The van der Waals surface area contributed by atoms with Gasteiger partial charge >= 0.3 is 0 Å². The van der Waals surface area contributed by atoms with E-state index >= 15 is 0 Å². The zero-order valence-electron chi connectivity index (χ0n) is 16.3. The predicted molar refractivity (Wildman–Crippen MR) is 118 cm³/mol. The lowest BCUT2D eigenvalue weighted by Gasteiger charge is -2.14. The van der Waals surface area contributed by atoms with Gasteiger partial charge in [-0.3, -0.25) is 4.79 Å². The monoisotopic (exact) mass is 401 g/mol. The van der Waals surface area contributed by atoms with Crippen LogP contribution in [0.3, 0.4) is 0 Å². The Kier molecular flexibility index (Phi) is 5.96. The Morgan fingerprint density at radius 1 is 1.03 bits per heavy atom. The largest absolute Gasteiger partial charge is 0.351 e. The van der Waals surface area contributed by atoms with Gasteiger partial charge in [0, 0.05) is 29.6 Å². The molecule has 2 aromatic heterocycles. The highest BCUT2D eigenvalue weighted by atomic mass is 32.2. The molecule has 1 amide bonds. The zero-order valence-corrected chi connectivity index (χ0v) is 17.1. The average molecular weight is 402 g/mol. The molecule has 4 rings (SSSR count). The fraction of sp³-hybridized carbons (Fsp3) is 0.167. The maximum Gasteiger partial charge on any atom is 0.252 e. The molecule has 0 spiro atoms. The third-order valence-corrected chi connectivity index (χ3v) is 5.97. The molecular formula is C24H23N3OS. The predicted octanol–water partition coefficient (Wildman–Crippen LogP) is 5.16. The zero-order chi connectivity index (χ0) is 20.1. The van der Waals surface area contributed by atoms with E-state index in [2.05, 4.69) is 29.4 Å². The second-order valence-electron chi connectivity index (χ2n) is 7.00. The molecule has 0 bridgehead atoms. The summed E-state index contributed by atoms with van der Waals surface area (Å²) in [5, 5.41) is 3.09. The van der Waals surface area contributed by atoms with E-state index in [0.29, 0.717) is 17.9 Å². The van der Waals surface area contributed by atoms with Crippen LogP contribution in [0.2, 0.25) is 0 Å². The van der Waals surface area contributed by atoms with E-state index in [-0.39, 0.29) is 11.8 Å². The Balaban J connectivity index is 1.41. The summed E-state index contributed by atoms with van der Waals surface area (Å²) in [7, 11) is 0. The van der Waals surface area contributed by atoms with Crippen LogP contribution < -0.4 is 5.32 Å². The first-order chi connectivity index (χ1) is 14.2. The number of carbonyl (C=O) groups is 1. The number of benzene rings is 2. The third kappa shape index (κ3) is 4.69. The number of pyridine rings is 1. The average Bonchev–Trinajstić information content (AvgIpc) is 3.19. The van der Waals surface area contributed by atoms with Crippen LogP contribution in [-0.2, 0) is 5.75 Å². The fourth-order valence-electron chi connectivity index (χ4n) is 3.23. The van der Waals surface area contributed by atoms with E-state index in [1.54, 1.807) is 11.8 Å². The number of hydrogen-bond donors (Lipinski definition) is 1. The number of fused-ring (bicyclic) bond motifs is 1. The molecule has 0 saturated carbocycles. The van der Waals surface area contributed by atoms with Gasteiger partial charge < -0.3 is 9.72 Å². The van der Waals surface area contributed by atoms with Gasteiger partial charge in [0.05, 0.1) is 11.3 Å². The first-order valence-electron chi connectivity index (χ1n) is 9.68. The molecule has 0 saturated heterocycles. The molecule has 5 heteroatoms. The second-order valence-corrected chi connectivity index (χ2v) is 8.02. The van der Waals surface area contributed by atoms with Crippen molar-refractivity contribution in [3.05, 3.63) is 102 Å². The molecule has 146 valence electrons. The van der Waals surface area contributed by atoms with E-state index in [4.69, 9.17) is 0 Å². The summed E-state index contributed by atoms with van der Waals surface area (Å²) in [5.41, 5.74) is 3.86. The normalized spacial score (nSPS) is 12.0. The van der Waals surface area contributed by atoms with Gasteiger partial charge in [0.25, 0.3) is 5.91 Å². The van der Waals surface area contributed by atoms with Gasteiger partial charge in [-0.15, -0.1) is 11.8 Å². The maximum absolute atomic E-state index is 12.8. The molecular weight excluding hydrogens is 378 g/mol. The SMILES string of the molecule is CC(CNC(=O)c1ccccc1SCc1cn2ccccc2n1)c1ccccc1. The Morgan fingerprint density at radius 2 is 1.79 bits per heavy atom. The van der Waals surface area contributed by atoms with Gasteiger partial charge in [0.2, 0.25) is 0 Å². The molecule has 0 fully saturated rings. The Hall–Kier alpha value is -3.05. The maximum atomic E-state index is 12.8. The van der Waals surface area contributed by atoms with Crippen LogP contribution in [0.25, 0.3) is 5.65 Å². The Bertz CT molecular complexity index is 1070. The van der Waals surface area contributed by atoms with Crippen LogP contribution in [0.15, 0.2) is 90.1 Å². The van der Waals surface area contributed by atoms with E-state index in [9.17, 15) is 4.79 Å². The van der Waals surface area contributed by atoms with Gasteiger partial charge in [-0.05, 0) is 35.7 Å². The third-order valence-electron chi connectivity index (χ3n) is 4.86. The summed E-state index contributed by atoms with van der Waals surface area (Å²) >= 11 is 1.64. The van der Waals surface area contributed by atoms with Crippen molar-refractivity contribution in [3.8, 4) is 0 Å². The lowest BCUT2D eigenvalue weighted by Crippen LogP contribution is -2.27. The Morgan fingerprint density at radius 3 is 2.62 bits per heavy atom. The molecule has 4 nitrogen and oxygen atoms in total. The minimum atomic E-state index is -0.0362. The molecule has 2 heterocycles. The molecule has 4 aromatic rings.